The third-order valence-electron chi connectivity index (χ3n) is 7.11. The van der Waals surface area contributed by atoms with Gasteiger partial charge < -0.3 is 24.4 Å². The highest BCUT2D eigenvalue weighted by atomic mass is 35.5. The molecule has 0 unspecified atom stereocenters. The molecule has 1 amide bonds. The molecule has 1 aromatic carbocycles. The summed E-state index contributed by atoms with van der Waals surface area (Å²) in [4.78, 5) is 33.1. The number of carboxylic acid groups (broad SMARTS) is 1. The number of hydrogen-bond acceptors (Lipinski definition) is 7. The molecule has 11 heteroatoms. The van der Waals surface area contributed by atoms with Gasteiger partial charge in [0, 0.05) is 31.2 Å². The molecule has 4 heterocycles. The topological polar surface area (TPSA) is 113 Å². The molecule has 4 aromatic rings. The quantitative estimate of drug-likeness (QED) is 0.346. The van der Waals surface area contributed by atoms with E-state index in [-0.39, 0.29) is 29.9 Å². The van der Waals surface area contributed by atoms with Crippen molar-refractivity contribution in [3.8, 4) is 10.6 Å². The van der Waals surface area contributed by atoms with Gasteiger partial charge >= 0.3 is 5.97 Å². The Labute approximate surface area is 222 Å². The van der Waals surface area contributed by atoms with Gasteiger partial charge in [-0.15, -0.1) is 11.3 Å². The van der Waals surface area contributed by atoms with Crippen molar-refractivity contribution in [2.75, 3.05) is 13.1 Å². The molecule has 0 spiro atoms. The largest absolute Gasteiger partial charge is 0.478 e. The first-order valence-electron chi connectivity index (χ1n) is 12.4. The van der Waals surface area contributed by atoms with Crippen LogP contribution in [0.5, 0.6) is 0 Å². The molecule has 9 nitrogen and oxygen atoms in total. The van der Waals surface area contributed by atoms with Crippen LogP contribution >= 0.6 is 22.9 Å². The van der Waals surface area contributed by atoms with Crippen LogP contribution in [-0.2, 0) is 6.54 Å². The zero-order valence-electron chi connectivity index (χ0n) is 20.2. The van der Waals surface area contributed by atoms with E-state index in [1.165, 1.54) is 30.2 Å². The summed E-state index contributed by atoms with van der Waals surface area (Å²) in [7, 11) is 0. The summed E-state index contributed by atoms with van der Waals surface area (Å²) in [6, 6.07) is 9.41. The van der Waals surface area contributed by atoms with Gasteiger partial charge in [-0.3, -0.25) is 4.79 Å². The normalized spacial score (nSPS) is 16.9. The van der Waals surface area contributed by atoms with Gasteiger partial charge in [-0.1, -0.05) is 16.8 Å². The van der Waals surface area contributed by atoms with E-state index in [0.29, 0.717) is 32.4 Å². The van der Waals surface area contributed by atoms with E-state index in [4.69, 9.17) is 16.1 Å². The van der Waals surface area contributed by atoms with E-state index in [1.54, 1.807) is 16.7 Å². The number of piperidine rings is 1. The Bertz CT molecular complexity index is 1500. The standard InChI is InChI=1S/C26H26ClN5O4S/c1-14-10-15(26(34)35)11-20-23(14)32(13-18-12-19(30-36-18)21-4-5-22(27)37-21)24(29-20)25(33)28-16-6-8-31(9-7-16)17-2-3-17/h4-5,10-12,16-17H,2-3,6-9,13H2,1H3,(H,28,33)(H,34,35). The number of amides is 1. The van der Waals surface area contributed by atoms with Crippen molar-refractivity contribution in [2.24, 2.45) is 0 Å². The van der Waals surface area contributed by atoms with Crippen LogP contribution in [0.1, 0.15) is 58.0 Å². The van der Waals surface area contributed by atoms with Crippen molar-refractivity contribution in [1.29, 1.82) is 0 Å². The number of carbonyl (C=O) groups is 2. The Morgan fingerprint density at radius 1 is 1.19 bits per heavy atom. The zero-order valence-corrected chi connectivity index (χ0v) is 21.8. The molecule has 0 radical (unpaired) electrons. The minimum atomic E-state index is -1.04. The van der Waals surface area contributed by atoms with Gasteiger partial charge in [-0.2, -0.15) is 0 Å². The number of carboxylic acids is 1. The van der Waals surface area contributed by atoms with Crippen LogP contribution in [0.4, 0.5) is 0 Å². The fourth-order valence-corrected chi connectivity index (χ4v) is 6.13. The lowest BCUT2D eigenvalue weighted by Crippen LogP contribution is -2.45. The maximum atomic E-state index is 13.5. The van der Waals surface area contributed by atoms with Crippen LogP contribution in [0.2, 0.25) is 4.34 Å². The summed E-state index contributed by atoms with van der Waals surface area (Å²) >= 11 is 7.48. The number of thiophene rings is 1. The van der Waals surface area contributed by atoms with Crippen molar-refractivity contribution in [3.63, 3.8) is 0 Å². The number of rotatable bonds is 7. The number of nitrogens with zero attached hydrogens (tertiary/aromatic N) is 4. The Kier molecular flexibility index (Phi) is 6.26. The van der Waals surface area contributed by atoms with Gasteiger partial charge in [0.25, 0.3) is 5.91 Å². The lowest BCUT2D eigenvalue weighted by Gasteiger charge is -2.32. The van der Waals surface area contributed by atoms with E-state index in [1.807, 2.05) is 19.1 Å². The average Bonchev–Trinajstić information content (AvgIpc) is 3.27. The number of hydrogen-bond donors (Lipinski definition) is 2. The molecule has 2 aliphatic rings. The molecule has 2 fully saturated rings. The summed E-state index contributed by atoms with van der Waals surface area (Å²) in [5.41, 5.74) is 2.65. The predicted molar refractivity (Wildman–Crippen MR) is 140 cm³/mol. The Morgan fingerprint density at radius 2 is 1.97 bits per heavy atom. The average molecular weight is 540 g/mol. The first kappa shape index (κ1) is 24.1. The summed E-state index contributed by atoms with van der Waals surface area (Å²) in [6.45, 7) is 4.02. The van der Waals surface area contributed by atoms with Gasteiger partial charge in [0.2, 0.25) is 0 Å². The number of aromatic nitrogens is 3. The molecule has 6 rings (SSSR count). The fourth-order valence-electron chi connectivity index (χ4n) is 5.14. The summed E-state index contributed by atoms with van der Waals surface area (Å²) in [5.74, 6) is -0.542. The lowest BCUT2D eigenvalue weighted by molar-refractivity contribution is 0.0696. The van der Waals surface area contributed by atoms with E-state index < -0.39 is 5.97 Å². The molecule has 37 heavy (non-hydrogen) atoms. The highest BCUT2D eigenvalue weighted by molar-refractivity contribution is 7.19. The SMILES string of the molecule is Cc1cc(C(=O)O)cc2nc(C(=O)NC3CCN(C4CC4)CC3)n(Cc3cc(-c4ccc(Cl)s4)no3)c12. The fraction of sp³-hybridized carbons (Fsp3) is 0.385. The molecule has 1 aliphatic heterocycles. The molecular weight excluding hydrogens is 514 g/mol. The number of aryl methyl sites for hydroxylation is 1. The summed E-state index contributed by atoms with van der Waals surface area (Å²) in [6.07, 6.45) is 4.36. The Morgan fingerprint density at radius 3 is 2.65 bits per heavy atom. The first-order valence-corrected chi connectivity index (χ1v) is 13.6. The highest BCUT2D eigenvalue weighted by Crippen LogP contribution is 2.32. The van der Waals surface area contributed by atoms with Crippen LogP contribution in [0.3, 0.4) is 0 Å². The number of benzene rings is 1. The minimum absolute atomic E-state index is 0.0758. The number of imidazole rings is 1. The van der Waals surface area contributed by atoms with E-state index in [9.17, 15) is 14.7 Å². The smallest absolute Gasteiger partial charge is 0.335 e. The van der Waals surface area contributed by atoms with Crippen molar-refractivity contribution in [3.05, 3.63) is 57.4 Å². The van der Waals surface area contributed by atoms with Crippen LogP contribution < -0.4 is 5.32 Å². The molecule has 0 bridgehead atoms. The summed E-state index contributed by atoms with van der Waals surface area (Å²) < 4.78 is 8.06. The van der Waals surface area contributed by atoms with E-state index >= 15 is 0 Å². The number of fused-ring (bicyclic) bond motifs is 1. The molecule has 1 saturated heterocycles. The van der Waals surface area contributed by atoms with Crippen LogP contribution in [0.15, 0.2) is 34.9 Å². The molecule has 3 aromatic heterocycles. The maximum Gasteiger partial charge on any atom is 0.335 e. The predicted octanol–water partition coefficient (Wildman–Crippen LogP) is 4.82. The number of aromatic carboxylic acids is 1. The van der Waals surface area contributed by atoms with Crippen molar-refractivity contribution in [1.82, 2.24) is 24.9 Å². The van der Waals surface area contributed by atoms with Gasteiger partial charge in [-0.25, -0.2) is 9.78 Å². The van der Waals surface area contributed by atoms with Crippen LogP contribution in [0.25, 0.3) is 21.6 Å². The second-order valence-corrected chi connectivity index (χ2v) is 11.5. The Hall–Kier alpha value is -3.21. The second-order valence-electron chi connectivity index (χ2n) is 9.78. The molecule has 1 aliphatic carbocycles. The number of halogens is 1. The third kappa shape index (κ3) is 4.88. The van der Waals surface area contributed by atoms with Crippen molar-refractivity contribution < 1.29 is 19.2 Å². The van der Waals surface area contributed by atoms with Gasteiger partial charge in [0.15, 0.2) is 11.6 Å². The third-order valence-corrected chi connectivity index (χ3v) is 8.36. The zero-order chi connectivity index (χ0) is 25.7. The second kappa shape index (κ2) is 9.59. The van der Waals surface area contributed by atoms with Crippen LogP contribution in [-0.4, -0.2) is 61.8 Å². The van der Waals surface area contributed by atoms with Gasteiger partial charge in [0.05, 0.1) is 32.4 Å². The molecule has 2 N–H and O–H groups in total. The molecule has 1 saturated carbocycles. The summed E-state index contributed by atoms with van der Waals surface area (Å²) in [5, 5.41) is 16.9. The van der Waals surface area contributed by atoms with Gasteiger partial charge in [0.1, 0.15) is 5.69 Å². The van der Waals surface area contributed by atoms with Crippen molar-refractivity contribution >= 4 is 45.8 Å². The number of likely N-dealkylation sites (tertiary alicyclic amines) is 1. The maximum absolute atomic E-state index is 13.5. The van der Waals surface area contributed by atoms with E-state index in [0.717, 1.165) is 36.9 Å². The molecule has 0 atom stereocenters. The number of nitrogens with one attached hydrogen (secondary N) is 1. The Balaban J connectivity index is 1.31. The monoisotopic (exact) mass is 539 g/mol. The molecule has 192 valence electrons. The first-order chi connectivity index (χ1) is 17.9. The molecular formula is C26H26ClN5O4S. The minimum Gasteiger partial charge on any atom is -0.478 e. The number of carbonyl (C=O) groups excluding carboxylic acids is 1. The van der Waals surface area contributed by atoms with Crippen LogP contribution in [0, 0.1) is 6.92 Å². The van der Waals surface area contributed by atoms with Gasteiger partial charge in [-0.05, 0) is 62.4 Å². The van der Waals surface area contributed by atoms with Crippen molar-refractivity contribution in [2.45, 2.75) is 51.2 Å². The lowest BCUT2D eigenvalue weighted by atomic mass is 10.0. The van der Waals surface area contributed by atoms with E-state index in [2.05, 4.69) is 20.4 Å². The highest BCUT2D eigenvalue weighted by Gasteiger charge is 2.33.